The Kier molecular flexibility index (Phi) is 5.38. The largest absolute Gasteiger partial charge is 0.484 e. The van der Waals surface area contributed by atoms with Crippen molar-refractivity contribution in [3.05, 3.63) is 65.2 Å². The van der Waals surface area contributed by atoms with Crippen molar-refractivity contribution in [1.29, 1.82) is 0 Å². The van der Waals surface area contributed by atoms with E-state index in [1.807, 2.05) is 6.07 Å². The highest BCUT2D eigenvalue weighted by Crippen LogP contribution is 2.16. The van der Waals surface area contributed by atoms with E-state index in [-0.39, 0.29) is 6.61 Å². The van der Waals surface area contributed by atoms with E-state index in [0.717, 1.165) is 0 Å². The van der Waals surface area contributed by atoms with Crippen molar-refractivity contribution in [2.24, 2.45) is 5.73 Å². The SMILES string of the molecule is NC(=O)C(NC(=O)COc1ccc(Cl)cc1)c1ccccc1. The van der Waals surface area contributed by atoms with E-state index in [4.69, 9.17) is 22.1 Å². The number of halogens is 1. The molecule has 1 atom stereocenters. The van der Waals surface area contributed by atoms with Gasteiger partial charge in [0.2, 0.25) is 5.91 Å². The molecule has 114 valence electrons. The van der Waals surface area contributed by atoms with E-state index in [1.165, 1.54) is 0 Å². The smallest absolute Gasteiger partial charge is 0.258 e. The first-order valence-electron chi connectivity index (χ1n) is 6.58. The molecule has 0 radical (unpaired) electrons. The zero-order chi connectivity index (χ0) is 15.9. The Labute approximate surface area is 133 Å². The fourth-order valence-corrected chi connectivity index (χ4v) is 1.97. The van der Waals surface area contributed by atoms with Crippen LogP contribution in [0.4, 0.5) is 0 Å². The molecule has 0 aliphatic carbocycles. The topological polar surface area (TPSA) is 81.4 Å². The maximum Gasteiger partial charge on any atom is 0.258 e. The van der Waals surface area contributed by atoms with E-state index >= 15 is 0 Å². The summed E-state index contributed by atoms with van der Waals surface area (Å²) < 4.78 is 5.32. The van der Waals surface area contributed by atoms with Gasteiger partial charge in [-0.05, 0) is 29.8 Å². The normalized spacial score (nSPS) is 11.5. The molecule has 0 aliphatic rings. The highest BCUT2D eigenvalue weighted by molar-refractivity contribution is 6.30. The van der Waals surface area contributed by atoms with Crippen LogP contribution >= 0.6 is 11.6 Å². The van der Waals surface area contributed by atoms with Crippen molar-refractivity contribution in [3.63, 3.8) is 0 Å². The number of amides is 2. The van der Waals surface area contributed by atoms with Gasteiger partial charge < -0.3 is 15.8 Å². The monoisotopic (exact) mass is 318 g/mol. The maximum atomic E-state index is 11.9. The van der Waals surface area contributed by atoms with E-state index in [0.29, 0.717) is 16.3 Å². The van der Waals surface area contributed by atoms with Crippen molar-refractivity contribution in [1.82, 2.24) is 5.32 Å². The number of nitrogens with two attached hydrogens (primary N) is 1. The molecule has 1 unspecified atom stereocenters. The van der Waals surface area contributed by atoms with E-state index in [9.17, 15) is 9.59 Å². The van der Waals surface area contributed by atoms with Gasteiger partial charge in [-0.25, -0.2) is 0 Å². The van der Waals surface area contributed by atoms with Gasteiger partial charge in [0.25, 0.3) is 5.91 Å². The third-order valence-corrected chi connectivity index (χ3v) is 3.16. The van der Waals surface area contributed by atoms with Crippen LogP contribution in [0.25, 0.3) is 0 Å². The van der Waals surface area contributed by atoms with E-state index in [2.05, 4.69) is 5.32 Å². The number of ether oxygens (including phenoxy) is 1. The Bertz CT molecular complexity index is 644. The summed E-state index contributed by atoms with van der Waals surface area (Å²) in [4.78, 5) is 23.4. The van der Waals surface area contributed by atoms with Crippen molar-refractivity contribution in [3.8, 4) is 5.75 Å². The highest BCUT2D eigenvalue weighted by Gasteiger charge is 2.20. The number of carbonyl (C=O) groups is 2. The van der Waals surface area contributed by atoms with Crippen molar-refractivity contribution < 1.29 is 14.3 Å². The zero-order valence-corrected chi connectivity index (χ0v) is 12.4. The number of hydrogen-bond acceptors (Lipinski definition) is 3. The third kappa shape index (κ3) is 4.49. The molecule has 2 amide bonds. The molecule has 0 saturated heterocycles. The lowest BCUT2D eigenvalue weighted by Gasteiger charge is -2.16. The number of benzene rings is 2. The lowest BCUT2D eigenvalue weighted by molar-refractivity contribution is -0.128. The fraction of sp³-hybridized carbons (Fsp3) is 0.125. The lowest BCUT2D eigenvalue weighted by Crippen LogP contribution is -2.39. The summed E-state index contributed by atoms with van der Waals surface area (Å²) in [7, 11) is 0. The van der Waals surface area contributed by atoms with E-state index < -0.39 is 17.9 Å². The van der Waals surface area contributed by atoms with Crippen LogP contribution in [-0.2, 0) is 9.59 Å². The van der Waals surface area contributed by atoms with Crippen LogP contribution in [0.2, 0.25) is 5.02 Å². The molecule has 5 nitrogen and oxygen atoms in total. The van der Waals surface area contributed by atoms with Gasteiger partial charge in [0, 0.05) is 5.02 Å². The van der Waals surface area contributed by atoms with Gasteiger partial charge in [-0.15, -0.1) is 0 Å². The molecule has 0 aromatic heterocycles. The summed E-state index contributed by atoms with van der Waals surface area (Å²) in [6.07, 6.45) is 0. The predicted octanol–water partition coefficient (Wildman–Crippen LogP) is 2.06. The van der Waals surface area contributed by atoms with Crippen LogP contribution in [0, 0.1) is 0 Å². The summed E-state index contributed by atoms with van der Waals surface area (Å²) in [6.45, 7) is -0.224. The molecule has 3 N–H and O–H groups in total. The molecule has 0 spiro atoms. The zero-order valence-electron chi connectivity index (χ0n) is 11.7. The average Bonchev–Trinajstić information content (AvgIpc) is 2.52. The molecule has 2 rings (SSSR count). The summed E-state index contributed by atoms with van der Waals surface area (Å²) in [5.41, 5.74) is 5.95. The van der Waals surface area contributed by atoms with Crippen LogP contribution in [-0.4, -0.2) is 18.4 Å². The van der Waals surface area contributed by atoms with Gasteiger partial charge in [0.15, 0.2) is 6.61 Å². The van der Waals surface area contributed by atoms with Crippen LogP contribution < -0.4 is 15.8 Å². The second-order valence-electron chi connectivity index (χ2n) is 4.56. The first-order valence-corrected chi connectivity index (χ1v) is 6.96. The quantitative estimate of drug-likeness (QED) is 0.855. The van der Waals surface area contributed by atoms with Gasteiger partial charge in [0.05, 0.1) is 0 Å². The van der Waals surface area contributed by atoms with Gasteiger partial charge in [-0.3, -0.25) is 9.59 Å². The van der Waals surface area contributed by atoms with Crippen molar-refractivity contribution >= 4 is 23.4 Å². The highest BCUT2D eigenvalue weighted by atomic mass is 35.5. The third-order valence-electron chi connectivity index (χ3n) is 2.91. The van der Waals surface area contributed by atoms with Crippen LogP contribution in [0.1, 0.15) is 11.6 Å². The summed E-state index contributed by atoms with van der Waals surface area (Å²) in [5, 5.41) is 3.13. The summed E-state index contributed by atoms with van der Waals surface area (Å²) >= 11 is 5.76. The van der Waals surface area contributed by atoms with Crippen molar-refractivity contribution in [2.75, 3.05) is 6.61 Å². The van der Waals surface area contributed by atoms with Crippen molar-refractivity contribution in [2.45, 2.75) is 6.04 Å². The minimum Gasteiger partial charge on any atom is -0.484 e. The summed E-state index contributed by atoms with van der Waals surface area (Å²) in [5.74, 6) is -0.566. The number of primary amides is 1. The minimum absolute atomic E-state index is 0.224. The molecule has 0 bridgehead atoms. The number of carbonyl (C=O) groups excluding carboxylic acids is 2. The minimum atomic E-state index is -0.887. The van der Waals surface area contributed by atoms with Gasteiger partial charge in [-0.2, -0.15) is 0 Å². The maximum absolute atomic E-state index is 11.9. The Morgan fingerprint density at radius 3 is 2.32 bits per heavy atom. The predicted molar refractivity (Wildman–Crippen MR) is 83.5 cm³/mol. The molecular formula is C16H15ClN2O3. The first-order chi connectivity index (χ1) is 10.6. The Morgan fingerprint density at radius 2 is 1.73 bits per heavy atom. The molecule has 22 heavy (non-hydrogen) atoms. The van der Waals surface area contributed by atoms with E-state index in [1.54, 1.807) is 48.5 Å². The number of hydrogen-bond donors (Lipinski definition) is 2. The average molecular weight is 319 g/mol. The fourth-order valence-electron chi connectivity index (χ4n) is 1.85. The van der Waals surface area contributed by atoms with Gasteiger partial charge in [-0.1, -0.05) is 41.9 Å². The summed E-state index contributed by atoms with van der Waals surface area (Å²) in [6, 6.07) is 14.5. The number of rotatable bonds is 6. The van der Waals surface area contributed by atoms with Gasteiger partial charge in [0.1, 0.15) is 11.8 Å². The van der Waals surface area contributed by atoms with Crippen LogP contribution in [0.3, 0.4) is 0 Å². The van der Waals surface area contributed by atoms with Crippen LogP contribution in [0.15, 0.2) is 54.6 Å². The second-order valence-corrected chi connectivity index (χ2v) is 4.99. The van der Waals surface area contributed by atoms with Crippen LogP contribution in [0.5, 0.6) is 5.75 Å². The molecule has 0 heterocycles. The number of nitrogens with one attached hydrogen (secondary N) is 1. The molecule has 2 aromatic rings. The molecule has 6 heteroatoms. The Balaban J connectivity index is 1.94. The Hall–Kier alpha value is -2.53. The molecule has 0 fully saturated rings. The Morgan fingerprint density at radius 1 is 1.09 bits per heavy atom. The van der Waals surface area contributed by atoms with Gasteiger partial charge >= 0.3 is 0 Å². The molecule has 0 saturated carbocycles. The standard InChI is InChI=1S/C16H15ClN2O3/c17-12-6-8-13(9-7-12)22-10-14(20)19-15(16(18)21)11-4-2-1-3-5-11/h1-9,15H,10H2,(H2,18,21)(H,19,20). The molecular weight excluding hydrogens is 304 g/mol. The molecule has 2 aromatic carbocycles. The molecule has 0 aliphatic heterocycles. The first kappa shape index (κ1) is 15.9. The lowest BCUT2D eigenvalue weighted by atomic mass is 10.1. The second kappa shape index (κ2) is 7.47.